The molecular formula is C15H28N2O3S. The molecule has 1 aromatic rings. The van der Waals surface area contributed by atoms with E-state index in [4.69, 9.17) is 10.2 Å². The quantitative estimate of drug-likeness (QED) is 0.839. The van der Waals surface area contributed by atoms with Gasteiger partial charge in [0.15, 0.2) is 0 Å². The molecule has 0 aliphatic heterocycles. The minimum atomic E-state index is -3.58. The molecule has 0 aromatic carbocycles. The summed E-state index contributed by atoms with van der Waals surface area (Å²) in [5, 5.41) is 0. The van der Waals surface area contributed by atoms with E-state index in [9.17, 15) is 8.42 Å². The molecule has 0 fully saturated rings. The second-order valence-electron chi connectivity index (χ2n) is 6.34. The van der Waals surface area contributed by atoms with E-state index in [0.29, 0.717) is 30.2 Å². The molecular weight excluding hydrogens is 288 g/mol. The predicted molar refractivity (Wildman–Crippen MR) is 84.5 cm³/mol. The molecule has 0 atom stereocenters. The zero-order valence-corrected chi connectivity index (χ0v) is 14.8. The zero-order chi connectivity index (χ0) is 16.4. The van der Waals surface area contributed by atoms with E-state index in [-0.39, 0.29) is 23.3 Å². The van der Waals surface area contributed by atoms with Gasteiger partial charge in [-0.25, -0.2) is 8.42 Å². The second-order valence-corrected chi connectivity index (χ2v) is 8.21. The third-order valence-corrected chi connectivity index (χ3v) is 5.29. The minimum absolute atomic E-state index is 0.162. The third-order valence-electron chi connectivity index (χ3n) is 3.26. The van der Waals surface area contributed by atoms with Crippen LogP contribution in [0.1, 0.15) is 44.8 Å². The fourth-order valence-electron chi connectivity index (χ4n) is 2.50. The van der Waals surface area contributed by atoms with Crippen molar-refractivity contribution < 1.29 is 12.8 Å². The summed E-state index contributed by atoms with van der Waals surface area (Å²) in [6.07, 6.45) is 0. The number of nitrogens with zero attached hydrogens (tertiary/aromatic N) is 1. The third kappa shape index (κ3) is 4.08. The highest BCUT2D eigenvalue weighted by Crippen LogP contribution is 2.29. The van der Waals surface area contributed by atoms with Crippen LogP contribution in [0.2, 0.25) is 0 Å². The number of furan rings is 1. The maximum atomic E-state index is 13.0. The Morgan fingerprint density at radius 2 is 1.52 bits per heavy atom. The Morgan fingerprint density at radius 1 is 1.05 bits per heavy atom. The van der Waals surface area contributed by atoms with Crippen molar-refractivity contribution in [2.24, 2.45) is 17.6 Å². The van der Waals surface area contributed by atoms with Crippen molar-refractivity contribution in [2.45, 2.75) is 53.0 Å². The van der Waals surface area contributed by atoms with Gasteiger partial charge in [-0.2, -0.15) is 4.31 Å². The van der Waals surface area contributed by atoms with Crippen molar-refractivity contribution in [3.63, 3.8) is 0 Å². The van der Waals surface area contributed by atoms with Gasteiger partial charge in [-0.15, -0.1) is 0 Å². The lowest BCUT2D eigenvalue weighted by Crippen LogP contribution is -2.37. The largest absolute Gasteiger partial charge is 0.465 e. The Labute approximate surface area is 128 Å². The van der Waals surface area contributed by atoms with Gasteiger partial charge in [-0.05, 0) is 25.7 Å². The van der Waals surface area contributed by atoms with E-state index in [0.717, 1.165) is 0 Å². The van der Waals surface area contributed by atoms with Gasteiger partial charge in [0, 0.05) is 25.2 Å². The molecule has 21 heavy (non-hydrogen) atoms. The lowest BCUT2D eigenvalue weighted by molar-refractivity contribution is 0.332. The molecule has 0 bridgehead atoms. The van der Waals surface area contributed by atoms with Gasteiger partial charge >= 0.3 is 0 Å². The van der Waals surface area contributed by atoms with Crippen molar-refractivity contribution in [3.8, 4) is 0 Å². The summed E-state index contributed by atoms with van der Waals surface area (Å²) in [6, 6.07) is 0. The number of nitrogens with two attached hydrogens (primary N) is 1. The number of sulfonamides is 1. The molecule has 0 amide bonds. The van der Waals surface area contributed by atoms with Crippen molar-refractivity contribution in [3.05, 3.63) is 17.1 Å². The standard InChI is InChI=1S/C15H28N2O3S/c1-10(2)8-17(9-11(3)4)21(18,19)15-13(6)20-12(5)14(15)7-16/h10-11H,7-9,16H2,1-6H3. The van der Waals surface area contributed by atoms with Crippen LogP contribution in [0.5, 0.6) is 0 Å². The molecule has 0 radical (unpaired) electrons. The Morgan fingerprint density at radius 3 is 1.90 bits per heavy atom. The highest BCUT2D eigenvalue weighted by Gasteiger charge is 2.32. The lowest BCUT2D eigenvalue weighted by atomic mass is 10.2. The summed E-state index contributed by atoms with van der Waals surface area (Å²) in [4.78, 5) is 0.254. The first-order valence-corrected chi connectivity index (χ1v) is 8.84. The first kappa shape index (κ1) is 18.2. The zero-order valence-electron chi connectivity index (χ0n) is 13.9. The van der Waals surface area contributed by atoms with Crippen LogP contribution in [0.25, 0.3) is 0 Å². The van der Waals surface area contributed by atoms with E-state index >= 15 is 0 Å². The summed E-state index contributed by atoms with van der Waals surface area (Å²) < 4.78 is 33.1. The second kappa shape index (κ2) is 6.94. The normalized spacial score (nSPS) is 12.9. The Kier molecular flexibility index (Phi) is 6.01. The van der Waals surface area contributed by atoms with Crippen LogP contribution >= 0.6 is 0 Å². The van der Waals surface area contributed by atoms with Gasteiger partial charge in [0.1, 0.15) is 16.4 Å². The number of rotatable bonds is 7. The van der Waals surface area contributed by atoms with Crippen LogP contribution in [0, 0.1) is 25.7 Å². The first-order valence-electron chi connectivity index (χ1n) is 7.40. The molecule has 1 aromatic heterocycles. The van der Waals surface area contributed by atoms with Crippen LogP contribution in [-0.2, 0) is 16.6 Å². The van der Waals surface area contributed by atoms with Crippen molar-refractivity contribution in [2.75, 3.05) is 13.1 Å². The molecule has 5 nitrogen and oxygen atoms in total. The maximum absolute atomic E-state index is 13.0. The van der Waals surface area contributed by atoms with Crippen LogP contribution in [0.3, 0.4) is 0 Å². The number of hydrogen-bond donors (Lipinski definition) is 1. The van der Waals surface area contributed by atoms with Gasteiger partial charge in [0.25, 0.3) is 0 Å². The van der Waals surface area contributed by atoms with Crippen LogP contribution < -0.4 is 5.73 Å². The Bertz CT molecular complexity index is 564. The molecule has 1 rings (SSSR count). The smallest absolute Gasteiger partial charge is 0.246 e. The highest BCUT2D eigenvalue weighted by atomic mass is 32.2. The lowest BCUT2D eigenvalue weighted by Gasteiger charge is -2.25. The number of hydrogen-bond acceptors (Lipinski definition) is 4. The Balaban J connectivity index is 3.35. The first-order chi connectivity index (χ1) is 9.61. The molecule has 1 heterocycles. The molecule has 0 spiro atoms. The average molecular weight is 316 g/mol. The SMILES string of the molecule is Cc1oc(C)c(S(=O)(=O)N(CC(C)C)CC(C)C)c1CN. The monoisotopic (exact) mass is 316 g/mol. The number of aryl methyl sites for hydroxylation is 2. The molecule has 0 aliphatic rings. The maximum Gasteiger partial charge on any atom is 0.246 e. The van der Waals surface area contributed by atoms with Gasteiger partial charge in [0.05, 0.1) is 0 Å². The van der Waals surface area contributed by atoms with Gasteiger partial charge in [-0.3, -0.25) is 0 Å². The Hall–Kier alpha value is -0.850. The molecule has 6 heteroatoms. The highest BCUT2D eigenvalue weighted by molar-refractivity contribution is 7.89. The summed E-state index contributed by atoms with van der Waals surface area (Å²) in [5.41, 5.74) is 6.31. The van der Waals surface area contributed by atoms with Gasteiger partial charge in [0.2, 0.25) is 10.0 Å². The minimum Gasteiger partial charge on any atom is -0.465 e. The van der Waals surface area contributed by atoms with E-state index in [2.05, 4.69) is 0 Å². The molecule has 0 saturated heterocycles. The topological polar surface area (TPSA) is 76.5 Å². The molecule has 0 aliphatic carbocycles. The van der Waals surface area contributed by atoms with Crippen LogP contribution in [-0.4, -0.2) is 25.8 Å². The summed E-state index contributed by atoms with van der Waals surface area (Å²) in [6.45, 7) is 12.6. The van der Waals surface area contributed by atoms with Crippen molar-refractivity contribution in [1.29, 1.82) is 0 Å². The molecule has 0 saturated carbocycles. The molecule has 122 valence electrons. The van der Waals surface area contributed by atoms with Crippen molar-refractivity contribution >= 4 is 10.0 Å². The summed E-state index contributed by atoms with van der Waals surface area (Å²) >= 11 is 0. The average Bonchev–Trinajstić information content (AvgIpc) is 2.61. The molecule has 2 N–H and O–H groups in total. The predicted octanol–water partition coefficient (Wildman–Crippen LogP) is 2.66. The summed E-state index contributed by atoms with van der Waals surface area (Å²) in [7, 11) is -3.58. The summed E-state index contributed by atoms with van der Waals surface area (Å²) in [5.74, 6) is 1.52. The van der Waals surface area contributed by atoms with Crippen molar-refractivity contribution in [1.82, 2.24) is 4.31 Å². The fraction of sp³-hybridized carbons (Fsp3) is 0.733. The van der Waals surface area contributed by atoms with E-state index in [1.54, 1.807) is 18.2 Å². The van der Waals surface area contributed by atoms with Crippen LogP contribution in [0.4, 0.5) is 0 Å². The van der Waals surface area contributed by atoms with Gasteiger partial charge in [-0.1, -0.05) is 27.7 Å². The fourth-order valence-corrected chi connectivity index (χ4v) is 4.69. The van der Waals surface area contributed by atoms with Crippen LogP contribution in [0.15, 0.2) is 9.31 Å². The molecule has 0 unspecified atom stereocenters. The van der Waals surface area contributed by atoms with E-state index in [1.807, 2.05) is 27.7 Å². The van der Waals surface area contributed by atoms with E-state index in [1.165, 1.54) is 0 Å². The van der Waals surface area contributed by atoms with E-state index < -0.39 is 10.0 Å². The van der Waals surface area contributed by atoms with Gasteiger partial charge < -0.3 is 10.2 Å².